The second kappa shape index (κ2) is 8.41. The Morgan fingerprint density at radius 2 is 1.41 bits per heavy atom. The monoisotopic (exact) mass is 361 g/mol. The molecule has 3 rings (SSSR count). The molecule has 27 heavy (non-hydrogen) atoms. The maximum Gasteiger partial charge on any atom is 0.265 e. The zero-order chi connectivity index (χ0) is 19.2. The van der Waals surface area contributed by atoms with Crippen LogP contribution in [0.15, 0.2) is 72.8 Å². The molecule has 0 heterocycles. The Morgan fingerprint density at radius 1 is 0.815 bits per heavy atom. The topological polar surface area (TPSA) is 47.6 Å². The van der Waals surface area contributed by atoms with Gasteiger partial charge in [-0.1, -0.05) is 24.3 Å². The third-order valence-electron chi connectivity index (χ3n) is 3.98. The van der Waals surface area contributed by atoms with E-state index in [-0.39, 0.29) is 5.91 Å². The number of hydrogen-bond donors (Lipinski definition) is 1. The molecule has 0 unspecified atom stereocenters. The van der Waals surface area contributed by atoms with Gasteiger partial charge in [0.05, 0.1) is 0 Å². The minimum Gasteiger partial charge on any atom is -0.481 e. The van der Waals surface area contributed by atoms with Crippen LogP contribution in [0.25, 0.3) is 0 Å². The molecule has 1 N–H and O–H groups in total. The SMILES string of the molecule is Cc1cc(C)cc(O[C@H](C)C(=O)Nc2ccc(Oc3ccccc3)cc2)c1. The van der Waals surface area contributed by atoms with E-state index in [9.17, 15) is 4.79 Å². The lowest BCUT2D eigenvalue weighted by atomic mass is 10.1. The maximum atomic E-state index is 12.4. The highest BCUT2D eigenvalue weighted by Gasteiger charge is 2.15. The van der Waals surface area contributed by atoms with Gasteiger partial charge in [0.25, 0.3) is 5.91 Å². The van der Waals surface area contributed by atoms with Crippen LogP contribution in [-0.2, 0) is 4.79 Å². The molecule has 0 radical (unpaired) electrons. The fourth-order valence-electron chi connectivity index (χ4n) is 2.73. The van der Waals surface area contributed by atoms with Crippen LogP contribution in [0.2, 0.25) is 0 Å². The smallest absolute Gasteiger partial charge is 0.265 e. The first-order valence-electron chi connectivity index (χ1n) is 8.88. The molecule has 0 spiro atoms. The van der Waals surface area contributed by atoms with E-state index < -0.39 is 6.10 Å². The van der Waals surface area contributed by atoms with Crippen molar-refractivity contribution < 1.29 is 14.3 Å². The Hall–Kier alpha value is -3.27. The molecule has 3 aromatic rings. The summed E-state index contributed by atoms with van der Waals surface area (Å²) < 4.78 is 11.5. The van der Waals surface area contributed by atoms with Crippen LogP contribution >= 0.6 is 0 Å². The van der Waals surface area contributed by atoms with E-state index in [1.54, 1.807) is 19.1 Å². The van der Waals surface area contributed by atoms with Crippen molar-refractivity contribution in [3.8, 4) is 17.2 Å². The summed E-state index contributed by atoms with van der Waals surface area (Å²) in [5.74, 6) is 1.97. The van der Waals surface area contributed by atoms with Crippen LogP contribution in [0.3, 0.4) is 0 Å². The van der Waals surface area contributed by atoms with E-state index in [0.717, 1.165) is 16.9 Å². The highest BCUT2D eigenvalue weighted by Crippen LogP contribution is 2.23. The molecule has 4 heteroatoms. The maximum absolute atomic E-state index is 12.4. The predicted octanol–water partition coefficient (Wildman–Crippen LogP) is 5.50. The van der Waals surface area contributed by atoms with E-state index in [4.69, 9.17) is 9.47 Å². The Labute approximate surface area is 159 Å². The van der Waals surface area contributed by atoms with Crippen molar-refractivity contribution in [3.05, 3.63) is 83.9 Å². The summed E-state index contributed by atoms with van der Waals surface area (Å²) in [5.41, 5.74) is 2.90. The van der Waals surface area contributed by atoms with Crippen molar-refractivity contribution in [1.29, 1.82) is 0 Å². The van der Waals surface area contributed by atoms with Crippen LogP contribution in [0.1, 0.15) is 18.1 Å². The van der Waals surface area contributed by atoms with Gasteiger partial charge in [0.15, 0.2) is 6.10 Å². The van der Waals surface area contributed by atoms with E-state index in [1.807, 2.05) is 68.4 Å². The number of benzene rings is 3. The standard InChI is InChI=1S/C23H23NO3/c1-16-13-17(2)15-22(14-16)26-18(3)23(25)24-19-9-11-21(12-10-19)27-20-7-5-4-6-8-20/h4-15,18H,1-3H3,(H,24,25)/t18-/m1/s1. The molecule has 0 saturated carbocycles. The van der Waals surface area contributed by atoms with Crippen molar-refractivity contribution in [2.24, 2.45) is 0 Å². The number of aryl methyl sites for hydroxylation is 2. The molecule has 0 aliphatic heterocycles. The van der Waals surface area contributed by atoms with Crippen molar-refractivity contribution in [2.45, 2.75) is 26.9 Å². The van der Waals surface area contributed by atoms with Gasteiger partial charge in [0.1, 0.15) is 17.2 Å². The Bertz CT molecular complexity index is 884. The summed E-state index contributed by atoms with van der Waals surface area (Å²) in [6, 6.07) is 22.7. The second-order valence-corrected chi connectivity index (χ2v) is 6.51. The molecule has 0 aromatic heterocycles. The number of amides is 1. The van der Waals surface area contributed by atoms with Gasteiger partial charge in [-0.2, -0.15) is 0 Å². The zero-order valence-corrected chi connectivity index (χ0v) is 15.7. The number of ether oxygens (including phenoxy) is 2. The summed E-state index contributed by atoms with van der Waals surface area (Å²) in [7, 11) is 0. The summed E-state index contributed by atoms with van der Waals surface area (Å²) in [5, 5.41) is 2.86. The highest BCUT2D eigenvalue weighted by atomic mass is 16.5. The molecule has 1 atom stereocenters. The molecule has 4 nitrogen and oxygen atoms in total. The minimum absolute atomic E-state index is 0.203. The number of carbonyl (C=O) groups is 1. The van der Waals surface area contributed by atoms with Crippen molar-refractivity contribution in [3.63, 3.8) is 0 Å². The fourth-order valence-corrected chi connectivity index (χ4v) is 2.73. The van der Waals surface area contributed by atoms with Gasteiger partial charge in [-0.15, -0.1) is 0 Å². The van der Waals surface area contributed by atoms with Gasteiger partial charge in [-0.05, 0) is 80.4 Å². The first kappa shape index (κ1) is 18.5. The van der Waals surface area contributed by atoms with Crippen molar-refractivity contribution in [2.75, 3.05) is 5.32 Å². The number of rotatable bonds is 6. The van der Waals surface area contributed by atoms with Crippen molar-refractivity contribution >= 4 is 11.6 Å². The quantitative estimate of drug-likeness (QED) is 0.630. The normalized spacial score (nSPS) is 11.5. The summed E-state index contributed by atoms with van der Waals surface area (Å²) in [6.07, 6.45) is -0.605. The number of anilines is 1. The zero-order valence-electron chi connectivity index (χ0n) is 15.7. The number of nitrogens with one attached hydrogen (secondary N) is 1. The van der Waals surface area contributed by atoms with Crippen LogP contribution in [0.4, 0.5) is 5.69 Å². The van der Waals surface area contributed by atoms with Crippen molar-refractivity contribution in [1.82, 2.24) is 0 Å². The first-order chi connectivity index (χ1) is 13.0. The third kappa shape index (κ3) is 5.35. The summed E-state index contributed by atoms with van der Waals surface area (Å²) >= 11 is 0. The largest absolute Gasteiger partial charge is 0.481 e. The lowest BCUT2D eigenvalue weighted by Gasteiger charge is -2.16. The average Bonchev–Trinajstić information content (AvgIpc) is 2.63. The Balaban J connectivity index is 1.58. The molecule has 0 saturated heterocycles. The van der Waals surface area contributed by atoms with Crippen LogP contribution < -0.4 is 14.8 Å². The number of para-hydroxylation sites is 1. The molecule has 138 valence electrons. The van der Waals surface area contributed by atoms with Gasteiger partial charge in [-0.3, -0.25) is 4.79 Å². The van der Waals surface area contributed by atoms with E-state index in [2.05, 4.69) is 11.4 Å². The molecule has 1 amide bonds. The highest BCUT2D eigenvalue weighted by molar-refractivity contribution is 5.94. The van der Waals surface area contributed by atoms with Crippen LogP contribution in [0.5, 0.6) is 17.2 Å². The Morgan fingerprint density at radius 3 is 2.04 bits per heavy atom. The predicted molar refractivity (Wildman–Crippen MR) is 108 cm³/mol. The lowest BCUT2D eigenvalue weighted by Crippen LogP contribution is -2.30. The molecular weight excluding hydrogens is 338 g/mol. The number of carbonyl (C=O) groups excluding carboxylic acids is 1. The van der Waals surface area contributed by atoms with Gasteiger partial charge < -0.3 is 14.8 Å². The van der Waals surface area contributed by atoms with E-state index in [0.29, 0.717) is 17.2 Å². The van der Waals surface area contributed by atoms with Gasteiger partial charge >= 0.3 is 0 Å². The first-order valence-corrected chi connectivity index (χ1v) is 8.88. The minimum atomic E-state index is -0.605. The van der Waals surface area contributed by atoms with E-state index >= 15 is 0 Å². The van der Waals surface area contributed by atoms with Crippen LogP contribution in [-0.4, -0.2) is 12.0 Å². The second-order valence-electron chi connectivity index (χ2n) is 6.51. The summed E-state index contributed by atoms with van der Waals surface area (Å²) in [4.78, 5) is 12.4. The molecule has 0 aliphatic carbocycles. The molecule has 3 aromatic carbocycles. The van der Waals surface area contributed by atoms with Gasteiger partial charge in [0.2, 0.25) is 0 Å². The molecule has 0 fully saturated rings. The van der Waals surface area contributed by atoms with Gasteiger partial charge in [0, 0.05) is 5.69 Å². The van der Waals surface area contributed by atoms with Crippen LogP contribution in [0, 0.1) is 13.8 Å². The molecule has 0 aliphatic rings. The number of hydrogen-bond acceptors (Lipinski definition) is 3. The summed E-state index contributed by atoms with van der Waals surface area (Å²) in [6.45, 7) is 5.74. The van der Waals surface area contributed by atoms with Gasteiger partial charge in [-0.25, -0.2) is 0 Å². The Kier molecular flexibility index (Phi) is 5.77. The van der Waals surface area contributed by atoms with E-state index in [1.165, 1.54) is 0 Å². The third-order valence-corrected chi connectivity index (χ3v) is 3.98. The molecular formula is C23H23NO3. The molecule has 0 bridgehead atoms. The lowest BCUT2D eigenvalue weighted by molar-refractivity contribution is -0.122. The average molecular weight is 361 g/mol. The fraction of sp³-hybridized carbons (Fsp3) is 0.174.